The molecular formula is C14H19NO2. The van der Waals surface area contributed by atoms with E-state index in [2.05, 4.69) is 32.2 Å². The Morgan fingerprint density at radius 1 is 1.24 bits per heavy atom. The fourth-order valence-corrected chi connectivity index (χ4v) is 3.00. The molecule has 1 saturated heterocycles. The quantitative estimate of drug-likeness (QED) is 0.809. The van der Waals surface area contributed by atoms with Gasteiger partial charge < -0.3 is 14.8 Å². The van der Waals surface area contributed by atoms with Gasteiger partial charge in [-0.2, -0.15) is 0 Å². The second-order valence-corrected chi connectivity index (χ2v) is 5.27. The van der Waals surface area contributed by atoms with Crippen LogP contribution in [0.15, 0.2) is 6.07 Å². The summed E-state index contributed by atoms with van der Waals surface area (Å²) in [6, 6.07) is 2.16. The lowest BCUT2D eigenvalue weighted by molar-refractivity contribution is 0.173. The van der Waals surface area contributed by atoms with Gasteiger partial charge in [-0.3, -0.25) is 0 Å². The lowest BCUT2D eigenvalue weighted by atomic mass is 9.85. The Morgan fingerprint density at radius 2 is 2.06 bits per heavy atom. The van der Waals surface area contributed by atoms with Gasteiger partial charge in [0.1, 0.15) is 0 Å². The first-order chi connectivity index (χ1) is 8.12. The standard InChI is InChI=1S/C14H19NO2/c1-9-10(2)13-12(16-8-17-13)7-11(9)14(3)5-4-6-15-14/h7,15H,4-6,8H2,1-3H3. The number of fused-ring (bicyclic) bond motifs is 1. The maximum atomic E-state index is 5.53. The fraction of sp³-hybridized carbons (Fsp3) is 0.571. The van der Waals surface area contributed by atoms with Gasteiger partial charge in [-0.25, -0.2) is 0 Å². The maximum absolute atomic E-state index is 5.53. The Hall–Kier alpha value is -1.22. The van der Waals surface area contributed by atoms with E-state index in [0.29, 0.717) is 6.79 Å². The minimum absolute atomic E-state index is 0.0931. The summed E-state index contributed by atoms with van der Waals surface area (Å²) in [5.74, 6) is 1.82. The summed E-state index contributed by atoms with van der Waals surface area (Å²) in [7, 11) is 0. The van der Waals surface area contributed by atoms with Gasteiger partial charge in [0.2, 0.25) is 6.79 Å². The Kier molecular flexibility index (Phi) is 2.33. The van der Waals surface area contributed by atoms with Crippen molar-refractivity contribution >= 4 is 0 Å². The first-order valence-corrected chi connectivity index (χ1v) is 6.27. The van der Waals surface area contributed by atoms with Crippen molar-refractivity contribution in [3.8, 4) is 11.5 Å². The molecule has 1 fully saturated rings. The van der Waals surface area contributed by atoms with E-state index in [-0.39, 0.29) is 5.54 Å². The van der Waals surface area contributed by atoms with E-state index in [4.69, 9.17) is 9.47 Å². The highest BCUT2D eigenvalue weighted by Gasteiger charge is 2.34. The summed E-state index contributed by atoms with van der Waals surface area (Å²) in [4.78, 5) is 0. The predicted octanol–water partition coefficient (Wildman–Crippen LogP) is 2.63. The van der Waals surface area contributed by atoms with Crippen LogP contribution in [0.3, 0.4) is 0 Å². The van der Waals surface area contributed by atoms with Gasteiger partial charge in [-0.05, 0) is 62.9 Å². The maximum Gasteiger partial charge on any atom is 0.231 e. The van der Waals surface area contributed by atoms with Gasteiger partial charge in [0.15, 0.2) is 11.5 Å². The van der Waals surface area contributed by atoms with Crippen molar-refractivity contribution in [1.82, 2.24) is 5.32 Å². The molecule has 0 bridgehead atoms. The average Bonchev–Trinajstić information content (AvgIpc) is 2.92. The molecule has 0 aliphatic carbocycles. The zero-order chi connectivity index (χ0) is 12.0. The first kappa shape index (κ1) is 10.9. The van der Waals surface area contributed by atoms with Gasteiger partial charge in [-0.1, -0.05) is 0 Å². The smallest absolute Gasteiger partial charge is 0.231 e. The summed E-state index contributed by atoms with van der Waals surface area (Å²) in [5, 5.41) is 3.61. The Labute approximate surface area is 102 Å². The summed E-state index contributed by atoms with van der Waals surface area (Å²) < 4.78 is 11.0. The highest BCUT2D eigenvalue weighted by Crippen LogP contribution is 2.43. The van der Waals surface area contributed by atoms with Crippen LogP contribution < -0.4 is 14.8 Å². The molecule has 1 aromatic rings. The highest BCUT2D eigenvalue weighted by atomic mass is 16.7. The Balaban J connectivity index is 2.14. The normalized spacial score (nSPS) is 26.5. The number of nitrogens with one attached hydrogen (secondary N) is 1. The molecule has 0 saturated carbocycles. The molecule has 17 heavy (non-hydrogen) atoms. The van der Waals surface area contributed by atoms with Crippen molar-refractivity contribution in [2.45, 2.75) is 39.2 Å². The SMILES string of the molecule is Cc1c(C2(C)CCCN2)cc2c(c1C)OCO2. The molecule has 0 aromatic heterocycles. The van der Waals surface area contributed by atoms with Crippen LogP contribution in [-0.4, -0.2) is 13.3 Å². The third kappa shape index (κ3) is 1.53. The molecule has 92 valence electrons. The molecule has 0 amide bonds. The van der Waals surface area contributed by atoms with Gasteiger partial charge in [-0.15, -0.1) is 0 Å². The molecule has 2 heterocycles. The minimum atomic E-state index is 0.0931. The van der Waals surface area contributed by atoms with Crippen molar-refractivity contribution in [2.75, 3.05) is 13.3 Å². The van der Waals surface area contributed by atoms with E-state index >= 15 is 0 Å². The number of hydrogen-bond donors (Lipinski definition) is 1. The van der Waals surface area contributed by atoms with Crippen molar-refractivity contribution in [2.24, 2.45) is 0 Å². The van der Waals surface area contributed by atoms with E-state index in [0.717, 1.165) is 18.0 Å². The molecule has 1 unspecified atom stereocenters. The van der Waals surface area contributed by atoms with E-state index in [1.807, 2.05) is 0 Å². The van der Waals surface area contributed by atoms with E-state index in [1.54, 1.807) is 0 Å². The molecule has 0 spiro atoms. The van der Waals surface area contributed by atoms with Gasteiger partial charge in [0.05, 0.1) is 0 Å². The summed E-state index contributed by atoms with van der Waals surface area (Å²) in [6.07, 6.45) is 2.43. The van der Waals surface area contributed by atoms with Crippen LogP contribution in [0.4, 0.5) is 0 Å². The predicted molar refractivity (Wildman–Crippen MR) is 66.6 cm³/mol. The van der Waals surface area contributed by atoms with Gasteiger partial charge in [0.25, 0.3) is 0 Å². The number of benzene rings is 1. The molecule has 1 N–H and O–H groups in total. The van der Waals surface area contributed by atoms with Crippen molar-refractivity contribution < 1.29 is 9.47 Å². The van der Waals surface area contributed by atoms with Crippen LogP contribution >= 0.6 is 0 Å². The van der Waals surface area contributed by atoms with Crippen LogP contribution in [0.25, 0.3) is 0 Å². The van der Waals surface area contributed by atoms with Gasteiger partial charge in [0, 0.05) is 5.54 Å². The highest BCUT2D eigenvalue weighted by molar-refractivity contribution is 5.56. The second-order valence-electron chi connectivity index (χ2n) is 5.27. The number of hydrogen-bond acceptors (Lipinski definition) is 3. The topological polar surface area (TPSA) is 30.5 Å². The summed E-state index contributed by atoms with van der Waals surface area (Å²) in [5.41, 5.74) is 3.99. The zero-order valence-corrected chi connectivity index (χ0v) is 10.7. The van der Waals surface area contributed by atoms with Crippen LogP contribution in [0.2, 0.25) is 0 Å². The van der Waals surface area contributed by atoms with Crippen LogP contribution in [0, 0.1) is 13.8 Å². The molecule has 0 radical (unpaired) electrons. The van der Waals surface area contributed by atoms with Crippen molar-refractivity contribution in [3.05, 3.63) is 22.8 Å². The largest absolute Gasteiger partial charge is 0.454 e. The van der Waals surface area contributed by atoms with Gasteiger partial charge >= 0.3 is 0 Å². The van der Waals surface area contributed by atoms with Crippen LogP contribution in [-0.2, 0) is 5.54 Å². The molecule has 2 aliphatic heterocycles. The minimum Gasteiger partial charge on any atom is -0.454 e. The average molecular weight is 233 g/mol. The van der Waals surface area contributed by atoms with E-state index in [1.165, 1.54) is 29.5 Å². The number of ether oxygens (including phenoxy) is 2. The summed E-state index contributed by atoms with van der Waals surface area (Å²) in [6.45, 7) is 8.03. The van der Waals surface area contributed by atoms with E-state index in [9.17, 15) is 0 Å². The lowest BCUT2D eigenvalue weighted by Gasteiger charge is -2.28. The van der Waals surface area contributed by atoms with Crippen molar-refractivity contribution in [3.63, 3.8) is 0 Å². The molecule has 1 aromatic carbocycles. The molecule has 3 rings (SSSR count). The van der Waals surface area contributed by atoms with E-state index < -0.39 is 0 Å². The first-order valence-electron chi connectivity index (χ1n) is 6.27. The lowest BCUT2D eigenvalue weighted by Crippen LogP contribution is -2.34. The zero-order valence-electron chi connectivity index (χ0n) is 10.7. The molecule has 3 nitrogen and oxygen atoms in total. The second kappa shape index (κ2) is 3.64. The molecule has 2 aliphatic rings. The summed E-state index contributed by atoms with van der Waals surface area (Å²) >= 11 is 0. The van der Waals surface area contributed by atoms with Crippen LogP contribution in [0.1, 0.15) is 36.5 Å². The Bertz CT molecular complexity index is 462. The molecule has 3 heteroatoms. The van der Waals surface area contributed by atoms with Crippen LogP contribution in [0.5, 0.6) is 11.5 Å². The van der Waals surface area contributed by atoms with Crippen molar-refractivity contribution in [1.29, 1.82) is 0 Å². The number of rotatable bonds is 1. The monoisotopic (exact) mass is 233 g/mol. The molecule has 1 atom stereocenters. The Morgan fingerprint density at radius 3 is 2.76 bits per heavy atom. The third-order valence-corrected chi connectivity index (χ3v) is 4.19. The molecular weight excluding hydrogens is 214 g/mol. The third-order valence-electron chi connectivity index (χ3n) is 4.19. The fourth-order valence-electron chi connectivity index (χ4n) is 3.00.